The maximum absolute atomic E-state index is 5.20. The first-order valence-electron chi connectivity index (χ1n) is 7.06. The Hall–Kier alpha value is -1.13. The molecule has 1 aromatic rings. The van der Waals surface area contributed by atoms with E-state index in [4.69, 9.17) is 4.74 Å². The minimum atomic E-state index is 0.627. The van der Waals surface area contributed by atoms with Crippen molar-refractivity contribution in [3.63, 3.8) is 0 Å². The van der Waals surface area contributed by atoms with Gasteiger partial charge in [0.05, 0.1) is 12.3 Å². The summed E-state index contributed by atoms with van der Waals surface area (Å²) < 4.78 is 5.20. The fourth-order valence-corrected chi connectivity index (χ4v) is 1.98. The van der Waals surface area contributed by atoms with E-state index in [1.165, 1.54) is 5.69 Å². The Bertz CT molecular complexity index is 355. The van der Waals surface area contributed by atoms with Crippen molar-refractivity contribution >= 4 is 5.69 Å². The number of anilines is 1. The molecule has 0 saturated carbocycles. The van der Waals surface area contributed by atoms with Gasteiger partial charge in [-0.05, 0) is 24.6 Å². The molecule has 19 heavy (non-hydrogen) atoms. The van der Waals surface area contributed by atoms with Crippen LogP contribution in [0.4, 0.5) is 5.69 Å². The number of ether oxygens (including phenoxy) is 1. The second-order valence-corrected chi connectivity index (χ2v) is 5.12. The Balaban J connectivity index is 2.75. The van der Waals surface area contributed by atoms with Gasteiger partial charge in [0.1, 0.15) is 0 Å². The molecular weight excluding hydrogens is 238 g/mol. The van der Waals surface area contributed by atoms with Gasteiger partial charge < -0.3 is 15.0 Å². The zero-order valence-electron chi connectivity index (χ0n) is 12.6. The highest BCUT2D eigenvalue weighted by atomic mass is 16.5. The van der Waals surface area contributed by atoms with Gasteiger partial charge in [-0.1, -0.05) is 20.8 Å². The van der Waals surface area contributed by atoms with Gasteiger partial charge in [0.15, 0.2) is 0 Å². The van der Waals surface area contributed by atoms with E-state index in [2.05, 4.69) is 48.1 Å². The van der Waals surface area contributed by atoms with Gasteiger partial charge in [-0.2, -0.15) is 0 Å². The number of pyridine rings is 1. The van der Waals surface area contributed by atoms with Crippen molar-refractivity contribution in [2.45, 2.75) is 27.3 Å². The number of aromatic nitrogens is 1. The van der Waals surface area contributed by atoms with Crippen molar-refractivity contribution in [3.8, 4) is 0 Å². The van der Waals surface area contributed by atoms with E-state index in [-0.39, 0.29) is 0 Å². The van der Waals surface area contributed by atoms with Crippen molar-refractivity contribution in [1.82, 2.24) is 10.3 Å². The third-order valence-corrected chi connectivity index (χ3v) is 2.87. The van der Waals surface area contributed by atoms with Crippen LogP contribution >= 0.6 is 0 Å². The van der Waals surface area contributed by atoms with Crippen molar-refractivity contribution in [2.75, 3.05) is 38.3 Å². The van der Waals surface area contributed by atoms with Gasteiger partial charge in [-0.3, -0.25) is 4.98 Å². The molecule has 0 atom stereocenters. The Labute approximate surface area is 117 Å². The van der Waals surface area contributed by atoms with E-state index in [0.717, 1.165) is 38.5 Å². The monoisotopic (exact) mass is 265 g/mol. The summed E-state index contributed by atoms with van der Waals surface area (Å²) in [6.45, 7) is 11.1. The van der Waals surface area contributed by atoms with Gasteiger partial charge in [-0.15, -0.1) is 0 Å². The summed E-state index contributed by atoms with van der Waals surface area (Å²) in [5.41, 5.74) is 2.32. The van der Waals surface area contributed by atoms with E-state index in [9.17, 15) is 0 Å². The molecule has 108 valence electrons. The van der Waals surface area contributed by atoms with Crippen molar-refractivity contribution < 1.29 is 4.74 Å². The van der Waals surface area contributed by atoms with Crippen LogP contribution in [-0.2, 0) is 11.3 Å². The van der Waals surface area contributed by atoms with E-state index < -0.39 is 0 Å². The molecule has 0 bridgehead atoms. The molecule has 0 aromatic carbocycles. The van der Waals surface area contributed by atoms with E-state index in [0.29, 0.717) is 5.92 Å². The normalized spacial score (nSPS) is 11.0. The molecule has 0 aliphatic carbocycles. The van der Waals surface area contributed by atoms with Crippen LogP contribution < -0.4 is 10.2 Å². The fraction of sp³-hybridized carbons (Fsp3) is 0.667. The molecule has 4 nitrogen and oxygen atoms in total. The lowest BCUT2D eigenvalue weighted by molar-refractivity contribution is 0.204. The predicted octanol–water partition coefficient (Wildman–Crippen LogP) is 2.30. The summed E-state index contributed by atoms with van der Waals surface area (Å²) in [4.78, 5) is 6.76. The zero-order chi connectivity index (χ0) is 14.1. The number of methoxy groups -OCH3 is 1. The van der Waals surface area contributed by atoms with Gasteiger partial charge in [0.25, 0.3) is 0 Å². The van der Waals surface area contributed by atoms with Gasteiger partial charge in [0.2, 0.25) is 0 Å². The average Bonchev–Trinajstić information content (AvgIpc) is 2.41. The fourth-order valence-electron chi connectivity index (χ4n) is 1.98. The van der Waals surface area contributed by atoms with Crippen molar-refractivity contribution in [1.29, 1.82) is 0 Å². The summed E-state index contributed by atoms with van der Waals surface area (Å²) in [6, 6.07) is 4.24. The maximum atomic E-state index is 5.20. The SMILES string of the molecule is CCNCc1cc(N(CCOC)CC(C)C)ccn1. The molecule has 0 aliphatic heterocycles. The van der Waals surface area contributed by atoms with Crippen LogP contribution in [0.5, 0.6) is 0 Å². The van der Waals surface area contributed by atoms with Crippen LogP contribution in [0.3, 0.4) is 0 Å². The van der Waals surface area contributed by atoms with E-state index in [1.54, 1.807) is 7.11 Å². The lowest BCUT2D eigenvalue weighted by atomic mass is 10.2. The van der Waals surface area contributed by atoms with E-state index in [1.807, 2.05) is 6.20 Å². The third-order valence-electron chi connectivity index (χ3n) is 2.87. The van der Waals surface area contributed by atoms with Crippen LogP contribution in [-0.4, -0.2) is 38.3 Å². The largest absolute Gasteiger partial charge is 0.383 e. The molecule has 1 N–H and O–H groups in total. The lowest BCUT2D eigenvalue weighted by Crippen LogP contribution is -2.31. The Morgan fingerprint density at radius 3 is 2.84 bits per heavy atom. The van der Waals surface area contributed by atoms with E-state index >= 15 is 0 Å². The van der Waals surface area contributed by atoms with Crippen LogP contribution in [0.15, 0.2) is 18.3 Å². The van der Waals surface area contributed by atoms with Crippen molar-refractivity contribution in [2.24, 2.45) is 5.92 Å². The Morgan fingerprint density at radius 2 is 2.21 bits per heavy atom. The number of nitrogens with zero attached hydrogens (tertiary/aromatic N) is 2. The predicted molar refractivity (Wildman–Crippen MR) is 80.5 cm³/mol. The number of hydrogen-bond donors (Lipinski definition) is 1. The second kappa shape index (κ2) is 8.88. The van der Waals surface area contributed by atoms with Gasteiger partial charge >= 0.3 is 0 Å². The molecule has 0 saturated heterocycles. The topological polar surface area (TPSA) is 37.4 Å². The van der Waals surface area contributed by atoms with Crippen LogP contribution in [0, 0.1) is 5.92 Å². The first-order chi connectivity index (χ1) is 9.17. The average molecular weight is 265 g/mol. The molecule has 1 rings (SSSR count). The molecule has 0 aliphatic rings. The summed E-state index contributed by atoms with van der Waals surface area (Å²) in [7, 11) is 1.75. The number of hydrogen-bond acceptors (Lipinski definition) is 4. The molecule has 0 spiro atoms. The first-order valence-corrected chi connectivity index (χ1v) is 7.06. The second-order valence-electron chi connectivity index (χ2n) is 5.12. The summed E-state index contributed by atoms with van der Waals surface area (Å²) in [5, 5.41) is 3.31. The molecule has 1 aromatic heterocycles. The van der Waals surface area contributed by atoms with Crippen molar-refractivity contribution in [3.05, 3.63) is 24.0 Å². The smallest absolute Gasteiger partial charge is 0.0637 e. The minimum absolute atomic E-state index is 0.627. The first kappa shape index (κ1) is 15.9. The van der Waals surface area contributed by atoms with Crippen LogP contribution in [0.1, 0.15) is 26.5 Å². The molecule has 0 radical (unpaired) electrons. The Kier molecular flexibility index (Phi) is 7.45. The molecule has 0 fully saturated rings. The molecule has 4 heteroatoms. The van der Waals surface area contributed by atoms with Gasteiger partial charge in [0, 0.05) is 38.6 Å². The quantitative estimate of drug-likeness (QED) is 0.743. The molecule has 0 unspecified atom stereocenters. The number of rotatable bonds is 9. The molecular formula is C15H27N3O. The third kappa shape index (κ3) is 6.03. The van der Waals surface area contributed by atoms with Gasteiger partial charge in [-0.25, -0.2) is 0 Å². The highest BCUT2D eigenvalue weighted by Crippen LogP contribution is 2.16. The zero-order valence-corrected chi connectivity index (χ0v) is 12.6. The highest BCUT2D eigenvalue weighted by Gasteiger charge is 2.09. The van der Waals surface area contributed by atoms with Crippen LogP contribution in [0.2, 0.25) is 0 Å². The van der Waals surface area contributed by atoms with Crippen LogP contribution in [0.25, 0.3) is 0 Å². The Morgan fingerprint density at radius 1 is 1.42 bits per heavy atom. The lowest BCUT2D eigenvalue weighted by Gasteiger charge is -2.26. The number of nitrogens with one attached hydrogen (secondary N) is 1. The highest BCUT2D eigenvalue weighted by molar-refractivity contribution is 5.46. The summed E-state index contributed by atoms with van der Waals surface area (Å²) in [5.74, 6) is 0.627. The standard InChI is InChI=1S/C15H27N3O/c1-5-16-11-14-10-15(6-7-17-14)18(8-9-19-4)12-13(2)3/h6-7,10,13,16H,5,8-9,11-12H2,1-4H3. The molecule has 0 amide bonds. The maximum Gasteiger partial charge on any atom is 0.0637 e. The summed E-state index contributed by atoms with van der Waals surface area (Å²) in [6.07, 6.45) is 1.89. The molecule has 1 heterocycles. The minimum Gasteiger partial charge on any atom is -0.383 e. The summed E-state index contributed by atoms with van der Waals surface area (Å²) >= 11 is 0.